The third-order valence-electron chi connectivity index (χ3n) is 0.990. The highest BCUT2D eigenvalue weighted by molar-refractivity contribution is 9.13. The van der Waals surface area contributed by atoms with Crippen LogP contribution in [-0.2, 0) is 0 Å². The van der Waals surface area contributed by atoms with Gasteiger partial charge in [0.15, 0.2) is 0 Å². The molecular weight excluding hydrogens is 283 g/mol. The fourth-order valence-electron chi connectivity index (χ4n) is 0.512. The summed E-state index contributed by atoms with van der Waals surface area (Å²) < 4.78 is 1.62. The number of benzene rings is 1. The van der Waals surface area contributed by atoms with Crippen molar-refractivity contribution in [2.24, 2.45) is 0 Å². The molecule has 0 bridgehead atoms. The lowest BCUT2D eigenvalue weighted by molar-refractivity contribution is 0.475. The second-order valence-electron chi connectivity index (χ2n) is 1.72. The smallest absolute Gasteiger partial charge is 0.135 e. The lowest BCUT2D eigenvalue weighted by Crippen LogP contribution is -1.71. The Hall–Kier alpha value is 0.270. The Kier molecular flexibility index (Phi) is 2.61. The molecule has 0 aliphatic carbocycles. The number of hydrogen-bond donors (Lipinski definition) is 1. The summed E-state index contributed by atoms with van der Waals surface area (Å²) in [5.41, 5.74) is 0. The molecule has 0 fully saturated rings. The van der Waals surface area contributed by atoms with Crippen molar-refractivity contribution in [2.75, 3.05) is 0 Å². The fraction of sp³-hybridized carbons (Fsp3) is 0. The Labute approximate surface area is 80.3 Å². The summed E-state index contributed by atoms with van der Waals surface area (Å²) in [5.74, 6) is 0.0803. The molecule has 0 aromatic heterocycles. The molecule has 0 saturated carbocycles. The minimum atomic E-state index is 0.0803. The Balaban J connectivity index is 3.28. The standard InChI is InChI=1S/C6H3Br2ClO/c7-3-1-5(9)6(10)2-4(3)8/h1-2,10H. The average molecular weight is 286 g/mol. The van der Waals surface area contributed by atoms with Crippen LogP contribution in [0.2, 0.25) is 5.02 Å². The molecule has 0 saturated heterocycles. The molecule has 54 valence electrons. The van der Waals surface area contributed by atoms with E-state index in [-0.39, 0.29) is 5.75 Å². The first-order chi connectivity index (χ1) is 4.61. The van der Waals surface area contributed by atoms with Gasteiger partial charge in [-0.15, -0.1) is 0 Å². The molecule has 0 aliphatic rings. The van der Waals surface area contributed by atoms with Crippen molar-refractivity contribution >= 4 is 43.5 Å². The lowest BCUT2D eigenvalue weighted by Gasteiger charge is -1.98. The highest BCUT2D eigenvalue weighted by Gasteiger charge is 2.02. The molecule has 1 N–H and O–H groups in total. The van der Waals surface area contributed by atoms with Crippen LogP contribution in [0.5, 0.6) is 5.75 Å². The molecule has 1 nitrogen and oxygen atoms in total. The summed E-state index contributed by atoms with van der Waals surface area (Å²) in [4.78, 5) is 0. The predicted octanol–water partition coefficient (Wildman–Crippen LogP) is 3.57. The minimum absolute atomic E-state index is 0.0803. The zero-order valence-corrected chi connectivity index (χ0v) is 8.66. The first-order valence-electron chi connectivity index (χ1n) is 2.45. The summed E-state index contributed by atoms with van der Waals surface area (Å²) in [7, 11) is 0. The number of halogens is 3. The SMILES string of the molecule is Oc1cc(Br)c(Br)cc1Cl. The van der Waals surface area contributed by atoms with E-state index in [2.05, 4.69) is 31.9 Å². The average Bonchev–Trinajstić information content (AvgIpc) is 1.84. The fourth-order valence-corrected chi connectivity index (χ4v) is 1.48. The highest BCUT2D eigenvalue weighted by Crippen LogP contribution is 2.33. The molecular formula is C6H3Br2ClO. The van der Waals surface area contributed by atoms with Gasteiger partial charge in [-0.05, 0) is 44.0 Å². The van der Waals surface area contributed by atoms with E-state index in [0.29, 0.717) is 5.02 Å². The van der Waals surface area contributed by atoms with Crippen molar-refractivity contribution in [2.45, 2.75) is 0 Å². The van der Waals surface area contributed by atoms with E-state index in [4.69, 9.17) is 16.7 Å². The van der Waals surface area contributed by atoms with Crippen LogP contribution in [0.15, 0.2) is 21.1 Å². The van der Waals surface area contributed by atoms with Gasteiger partial charge in [0.2, 0.25) is 0 Å². The third-order valence-corrected chi connectivity index (χ3v) is 3.14. The van der Waals surface area contributed by atoms with Gasteiger partial charge in [-0.3, -0.25) is 0 Å². The van der Waals surface area contributed by atoms with Gasteiger partial charge >= 0.3 is 0 Å². The molecule has 10 heavy (non-hydrogen) atoms. The van der Waals surface area contributed by atoms with Gasteiger partial charge < -0.3 is 5.11 Å². The number of hydrogen-bond acceptors (Lipinski definition) is 1. The van der Waals surface area contributed by atoms with Crippen LogP contribution < -0.4 is 0 Å². The molecule has 1 aromatic carbocycles. The summed E-state index contributed by atoms with van der Waals surface area (Å²) in [6.45, 7) is 0. The van der Waals surface area contributed by atoms with Crippen molar-refractivity contribution in [3.05, 3.63) is 26.1 Å². The first kappa shape index (κ1) is 8.37. The second kappa shape index (κ2) is 3.11. The normalized spacial score (nSPS) is 9.90. The largest absolute Gasteiger partial charge is 0.506 e. The maximum atomic E-state index is 9.04. The van der Waals surface area contributed by atoms with Gasteiger partial charge in [0.05, 0.1) is 5.02 Å². The molecule has 0 unspecified atom stereocenters. The topological polar surface area (TPSA) is 20.2 Å². The van der Waals surface area contributed by atoms with Gasteiger partial charge in [-0.25, -0.2) is 0 Å². The van der Waals surface area contributed by atoms with E-state index < -0.39 is 0 Å². The molecule has 0 spiro atoms. The van der Waals surface area contributed by atoms with Crippen LogP contribution in [-0.4, -0.2) is 5.11 Å². The zero-order chi connectivity index (χ0) is 7.72. The molecule has 4 heteroatoms. The lowest BCUT2D eigenvalue weighted by atomic mass is 10.3. The number of rotatable bonds is 0. The van der Waals surface area contributed by atoms with E-state index in [1.54, 1.807) is 6.07 Å². The van der Waals surface area contributed by atoms with Crippen LogP contribution in [0.25, 0.3) is 0 Å². The Morgan fingerprint density at radius 3 is 2.20 bits per heavy atom. The summed E-state index contributed by atoms with van der Waals surface area (Å²) in [5, 5.41) is 9.38. The summed E-state index contributed by atoms with van der Waals surface area (Å²) in [6.07, 6.45) is 0. The third kappa shape index (κ3) is 1.65. The maximum Gasteiger partial charge on any atom is 0.135 e. The maximum absolute atomic E-state index is 9.04. The van der Waals surface area contributed by atoms with Gasteiger partial charge in [0.25, 0.3) is 0 Å². The van der Waals surface area contributed by atoms with Gasteiger partial charge in [0, 0.05) is 8.95 Å². The van der Waals surface area contributed by atoms with E-state index >= 15 is 0 Å². The van der Waals surface area contributed by atoms with Gasteiger partial charge in [-0.1, -0.05) is 11.6 Å². The molecule has 0 amide bonds. The van der Waals surface area contributed by atoms with Crippen molar-refractivity contribution in [3.63, 3.8) is 0 Å². The van der Waals surface area contributed by atoms with Crippen molar-refractivity contribution < 1.29 is 5.11 Å². The van der Waals surface area contributed by atoms with Gasteiger partial charge in [0.1, 0.15) is 5.75 Å². The molecule has 1 aromatic rings. The quantitative estimate of drug-likeness (QED) is 0.723. The molecule has 1 rings (SSSR count). The van der Waals surface area contributed by atoms with E-state index in [9.17, 15) is 0 Å². The van der Waals surface area contributed by atoms with E-state index in [0.717, 1.165) is 8.95 Å². The molecule has 0 aliphatic heterocycles. The number of phenols is 1. The second-order valence-corrected chi connectivity index (χ2v) is 3.83. The Morgan fingerprint density at radius 1 is 1.20 bits per heavy atom. The number of aromatic hydroxyl groups is 1. The Morgan fingerprint density at radius 2 is 1.70 bits per heavy atom. The monoisotopic (exact) mass is 284 g/mol. The van der Waals surface area contributed by atoms with Crippen LogP contribution >= 0.6 is 43.5 Å². The van der Waals surface area contributed by atoms with Crippen molar-refractivity contribution in [1.29, 1.82) is 0 Å². The van der Waals surface area contributed by atoms with E-state index in [1.165, 1.54) is 6.07 Å². The van der Waals surface area contributed by atoms with E-state index in [1.807, 2.05) is 0 Å². The zero-order valence-electron chi connectivity index (χ0n) is 4.74. The van der Waals surface area contributed by atoms with Crippen LogP contribution in [0, 0.1) is 0 Å². The highest BCUT2D eigenvalue weighted by atomic mass is 79.9. The molecule has 0 atom stereocenters. The summed E-state index contributed by atoms with van der Waals surface area (Å²) >= 11 is 12.0. The number of phenolic OH excluding ortho intramolecular Hbond substituents is 1. The predicted molar refractivity (Wildman–Crippen MR) is 48.5 cm³/mol. The minimum Gasteiger partial charge on any atom is -0.506 e. The Bertz CT molecular complexity index is 212. The van der Waals surface area contributed by atoms with Crippen LogP contribution in [0.4, 0.5) is 0 Å². The molecule has 0 radical (unpaired) electrons. The van der Waals surface area contributed by atoms with Crippen molar-refractivity contribution in [3.8, 4) is 5.75 Å². The van der Waals surface area contributed by atoms with Crippen LogP contribution in [0.3, 0.4) is 0 Å². The van der Waals surface area contributed by atoms with Crippen molar-refractivity contribution in [1.82, 2.24) is 0 Å². The summed E-state index contributed by atoms with van der Waals surface area (Å²) in [6, 6.07) is 3.16. The molecule has 0 heterocycles. The first-order valence-corrected chi connectivity index (χ1v) is 4.41. The van der Waals surface area contributed by atoms with Gasteiger partial charge in [-0.2, -0.15) is 0 Å². The van der Waals surface area contributed by atoms with Crippen LogP contribution in [0.1, 0.15) is 0 Å².